The molecule has 0 amide bonds. The van der Waals surface area contributed by atoms with Crippen molar-refractivity contribution in [3.8, 4) is 12.0 Å². The molecule has 0 heterocycles. The van der Waals surface area contributed by atoms with E-state index >= 15 is 0 Å². The minimum Gasteiger partial charge on any atom is -0.299 e. The summed E-state index contributed by atoms with van der Waals surface area (Å²) in [4.78, 5) is 22.6. The molecule has 2 rings (SSSR count). The molecule has 98 valence electrons. The minimum atomic E-state index is -1.10. The van der Waals surface area contributed by atoms with Gasteiger partial charge in [-0.3, -0.25) is 9.59 Å². The lowest BCUT2D eigenvalue weighted by Crippen LogP contribution is -2.27. The lowest BCUT2D eigenvalue weighted by atomic mass is 9.75. The summed E-state index contributed by atoms with van der Waals surface area (Å²) in [5.74, 6) is 0.512. The topological polar surface area (TPSA) is 34.1 Å². The number of fused-ring (bicyclic) bond motifs is 1. The van der Waals surface area contributed by atoms with Crippen LogP contribution >= 0.6 is 0 Å². The van der Waals surface area contributed by atoms with Crippen molar-refractivity contribution < 1.29 is 9.59 Å². The number of carbonyl (C=O) groups excluding carboxylic acids is 2. The third kappa shape index (κ3) is 3.43. The van der Waals surface area contributed by atoms with E-state index in [1.165, 1.54) is 0 Å². The Morgan fingerprint density at radius 2 is 1.78 bits per heavy atom. The summed E-state index contributed by atoms with van der Waals surface area (Å²) in [5, 5.41) is 0. The van der Waals surface area contributed by atoms with Gasteiger partial charge in [0.05, 0.1) is 0 Å². The molecule has 18 heavy (non-hydrogen) atoms. The molecule has 2 aliphatic carbocycles. The summed E-state index contributed by atoms with van der Waals surface area (Å²) in [5.41, 5.74) is 3.55. The van der Waals surface area contributed by atoms with Crippen molar-refractivity contribution in [2.45, 2.75) is 52.2 Å². The number of terminal acetylenes is 1. The fraction of sp³-hybridized carbons (Fsp3) is 0.600. The molecule has 2 aliphatic rings. The van der Waals surface area contributed by atoms with Crippen molar-refractivity contribution in [3.05, 3.63) is 11.6 Å². The second-order valence-electron chi connectivity index (χ2n) is 6.29. The average Bonchev–Trinajstić information content (AvgIpc) is 2.57. The van der Waals surface area contributed by atoms with Gasteiger partial charge in [-0.25, -0.2) is 0 Å². The molecule has 0 saturated heterocycles. The van der Waals surface area contributed by atoms with Gasteiger partial charge in [0.15, 0.2) is 5.78 Å². The standard InChI is InChI=1S/C10H12O2.C5H10Si/c1-10-5-4-8(11)6-7(10)2-3-9(10)12;1-5-6(2,3)4/h6H,2-5H2,1H3;1H,2-4H3/t10-;/m0./s1. The molecule has 1 atom stereocenters. The maximum Gasteiger partial charge on any atom is 0.155 e. The van der Waals surface area contributed by atoms with Crippen molar-refractivity contribution >= 4 is 19.6 Å². The highest BCUT2D eigenvalue weighted by molar-refractivity contribution is 6.83. The molecule has 1 fully saturated rings. The molecule has 3 heteroatoms. The van der Waals surface area contributed by atoms with Crippen LogP contribution in [0.25, 0.3) is 0 Å². The average molecular weight is 262 g/mol. The van der Waals surface area contributed by atoms with E-state index in [1.54, 1.807) is 6.08 Å². The minimum absolute atomic E-state index is 0.192. The predicted octanol–water partition coefficient (Wildman–Crippen LogP) is 3.14. The Labute approximate surface area is 111 Å². The van der Waals surface area contributed by atoms with Gasteiger partial charge in [-0.15, -0.1) is 12.0 Å². The van der Waals surface area contributed by atoms with Gasteiger partial charge in [-0.2, -0.15) is 0 Å². The molecule has 0 aliphatic heterocycles. The summed E-state index contributed by atoms with van der Waals surface area (Å²) in [6.07, 6.45) is 9.53. The molecular weight excluding hydrogens is 240 g/mol. The summed E-state index contributed by atoms with van der Waals surface area (Å²) in [6.45, 7) is 8.41. The van der Waals surface area contributed by atoms with Gasteiger partial charge >= 0.3 is 0 Å². The molecule has 0 radical (unpaired) electrons. The predicted molar refractivity (Wildman–Crippen MR) is 76.9 cm³/mol. The summed E-state index contributed by atoms with van der Waals surface area (Å²) in [6, 6.07) is 0. The Kier molecular flexibility index (Phi) is 4.34. The zero-order chi connectivity index (χ0) is 14.0. The molecule has 0 unspecified atom stereocenters. The molecule has 1 saturated carbocycles. The SMILES string of the molecule is C#C[Si](C)(C)C.C[C@]12CCC(=O)C=C1CCC2=O. The van der Waals surface area contributed by atoms with E-state index in [0.29, 0.717) is 18.6 Å². The van der Waals surface area contributed by atoms with Gasteiger partial charge < -0.3 is 0 Å². The lowest BCUT2D eigenvalue weighted by Gasteiger charge is -2.27. The zero-order valence-corrected chi connectivity index (χ0v) is 12.8. The van der Waals surface area contributed by atoms with Crippen LogP contribution in [0.2, 0.25) is 19.6 Å². The lowest BCUT2D eigenvalue weighted by molar-refractivity contribution is -0.125. The quantitative estimate of drug-likeness (QED) is 0.496. The number of hydrogen-bond donors (Lipinski definition) is 0. The van der Waals surface area contributed by atoms with Gasteiger partial charge in [0.2, 0.25) is 0 Å². The Morgan fingerprint density at radius 3 is 2.28 bits per heavy atom. The van der Waals surface area contributed by atoms with Crippen molar-refractivity contribution in [2.75, 3.05) is 0 Å². The van der Waals surface area contributed by atoms with E-state index in [1.807, 2.05) is 6.92 Å². The van der Waals surface area contributed by atoms with Gasteiger partial charge in [0.25, 0.3) is 0 Å². The van der Waals surface area contributed by atoms with Crippen molar-refractivity contribution in [3.63, 3.8) is 0 Å². The van der Waals surface area contributed by atoms with Gasteiger partial charge in [-0.05, 0) is 25.8 Å². The first-order valence-corrected chi connectivity index (χ1v) is 9.94. The highest BCUT2D eigenvalue weighted by atomic mass is 28.3. The zero-order valence-electron chi connectivity index (χ0n) is 11.8. The van der Waals surface area contributed by atoms with Crippen molar-refractivity contribution in [1.82, 2.24) is 0 Å². The van der Waals surface area contributed by atoms with Gasteiger partial charge in [0, 0.05) is 18.3 Å². The summed E-state index contributed by atoms with van der Waals surface area (Å²) >= 11 is 0. The third-order valence-electron chi connectivity index (χ3n) is 3.59. The van der Waals surface area contributed by atoms with Gasteiger partial charge in [0.1, 0.15) is 13.9 Å². The maximum atomic E-state index is 11.5. The highest BCUT2D eigenvalue weighted by Gasteiger charge is 2.43. The normalized spacial score (nSPS) is 26.7. The number of allylic oxidation sites excluding steroid dienone is 2. The van der Waals surface area contributed by atoms with Crippen LogP contribution in [-0.2, 0) is 9.59 Å². The number of carbonyl (C=O) groups is 2. The number of ketones is 2. The fourth-order valence-corrected chi connectivity index (χ4v) is 2.15. The molecule has 2 nitrogen and oxygen atoms in total. The van der Waals surface area contributed by atoms with E-state index in [4.69, 9.17) is 6.42 Å². The van der Waals surface area contributed by atoms with Crippen molar-refractivity contribution in [2.24, 2.45) is 5.41 Å². The Morgan fingerprint density at radius 1 is 1.22 bits per heavy atom. The van der Waals surface area contributed by atoms with Crippen LogP contribution < -0.4 is 0 Å². The van der Waals surface area contributed by atoms with Crippen LogP contribution in [0.15, 0.2) is 11.6 Å². The Balaban J connectivity index is 0.000000232. The van der Waals surface area contributed by atoms with Crippen LogP contribution in [0.3, 0.4) is 0 Å². The van der Waals surface area contributed by atoms with E-state index in [0.717, 1.165) is 18.4 Å². The largest absolute Gasteiger partial charge is 0.299 e. The van der Waals surface area contributed by atoms with Gasteiger partial charge in [-0.1, -0.05) is 25.2 Å². The maximum absolute atomic E-state index is 11.5. The number of Topliss-reactive ketones (excluding diaryl/α,β-unsaturated/α-hetero) is 1. The van der Waals surface area contributed by atoms with E-state index < -0.39 is 8.07 Å². The smallest absolute Gasteiger partial charge is 0.155 e. The molecular formula is C15H22O2Si. The first kappa shape index (κ1) is 14.9. The number of hydrogen-bond acceptors (Lipinski definition) is 2. The van der Waals surface area contributed by atoms with E-state index in [-0.39, 0.29) is 11.2 Å². The second kappa shape index (κ2) is 5.24. The first-order valence-electron chi connectivity index (χ1n) is 6.44. The highest BCUT2D eigenvalue weighted by Crippen LogP contribution is 2.45. The molecule has 0 aromatic rings. The van der Waals surface area contributed by atoms with E-state index in [9.17, 15) is 9.59 Å². The molecule has 0 spiro atoms. The third-order valence-corrected chi connectivity index (χ3v) is 4.45. The van der Waals surface area contributed by atoms with Crippen LogP contribution in [0.4, 0.5) is 0 Å². The number of rotatable bonds is 0. The monoisotopic (exact) mass is 262 g/mol. The first-order chi connectivity index (χ1) is 8.19. The molecule has 0 bridgehead atoms. The molecule has 0 aromatic heterocycles. The van der Waals surface area contributed by atoms with E-state index in [2.05, 4.69) is 25.2 Å². The molecule has 0 N–H and O–H groups in total. The fourth-order valence-electron chi connectivity index (χ4n) is 2.15. The van der Waals surface area contributed by atoms with Crippen LogP contribution in [0, 0.1) is 17.4 Å². The van der Waals surface area contributed by atoms with Crippen molar-refractivity contribution in [1.29, 1.82) is 0 Å². The molecule has 0 aromatic carbocycles. The summed E-state index contributed by atoms with van der Waals surface area (Å²) < 4.78 is 0. The van der Waals surface area contributed by atoms with Crippen LogP contribution in [0.5, 0.6) is 0 Å². The van der Waals surface area contributed by atoms with Crippen LogP contribution in [-0.4, -0.2) is 19.6 Å². The Bertz CT molecular complexity index is 434. The Hall–Kier alpha value is -1.14. The second-order valence-corrected chi connectivity index (χ2v) is 11.1. The summed E-state index contributed by atoms with van der Waals surface area (Å²) in [7, 11) is -1.10. The van der Waals surface area contributed by atoms with Crippen LogP contribution in [0.1, 0.15) is 32.6 Å².